The van der Waals surface area contributed by atoms with Crippen LogP contribution >= 0.6 is 0 Å². The number of fused-ring (bicyclic) bond motifs is 3. The molecule has 1 aliphatic heterocycles. The van der Waals surface area contributed by atoms with Crippen LogP contribution in [0.15, 0.2) is 48.8 Å². The van der Waals surface area contributed by atoms with Gasteiger partial charge in [0.05, 0.1) is 11.4 Å². The van der Waals surface area contributed by atoms with Crippen molar-refractivity contribution in [2.24, 2.45) is 0 Å². The van der Waals surface area contributed by atoms with Crippen molar-refractivity contribution in [3.63, 3.8) is 0 Å². The third-order valence-electron chi connectivity index (χ3n) is 4.34. The zero-order valence-electron chi connectivity index (χ0n) is 13.5. The summed E-state index contributed by atoms with van der Waals surface area (Å²) >= 11 is 0. The molecule has 5 heteroatoms. The van der Waals surface area contributed by atoms with Crippen molar-refractivity contribution in [1.29, 1.82) is 0 Å². The van der Waals surface area contributed by atoms with Crippen LogP contribution in [0.25, 0.3) is 5.69 Å². The van der Waals surface area contributed by atoms with E-state index in [2.05, 4.69) is 10.3 Å². The van der Waals surface area contributed by atoms with Crippen LogP contribution in [0.3, 0.4) is 0 Å². The van der Waals surface area contributed by atoms with Gasteiger partial charge in [-0.3, -0.25) is 9.36 Å². The van der Waals surface area contributed by atoms with Gasteiger partial charge in [0.15, 0.2) is 5.69 Å². The molecule has 0 saturated carbocycles. The molecule has 3 aromatic rings. The Hall–Kier alpha value is -3.08. The molecule has 0 radical (unpaired) electrons. The summed E-state index contributed by atoms with van der Waals surface area (Å²) in [4.78, 5) is 16.9. The number of anilines is 1. The summed E-state index contributed by atoms with van der Waals surface area (Å²) in [6.07, 6.45) is 1.67. The molecule has 1 amide bonds. The van der Waals surface area contributed by atoms with Gasteiger partial charge >= 0.3 is 0 Å². The molecule has 1 aliphatic rings. The minimum atomic E-state index is -0.227. The standard InChI is InChI=1S/C19H17N3O2/c1-12-7-8-14(9-13(12)2)21-19(23)18-16-10-24-17-6-4-3-5-15(17)22(16)11-20-18/h3-9,11H,10H2,1-2H3,(H,21,23). The monoisotopic (exact) mass is 319 g/mol. The Labute approximate surface area is 139 Å². The van der Waals surface area contributed by atoms with E-state index in [9.17, 15) is 4.79 Å². The minimum Gasteiger partial charge on any atom is -0.485 e. The lowest BCUT2D eigenvalue weighted by Gasteiger charge is -2.20. The van der Waals surface area contributed by atoms with Crippen LogP contribution in [0.5, 0.6) is 5.75 Å². The summed E-state index contributed by atoms with van der Waals surface area (Å²) in [5.41, 5.74) is 5.14. The van der Waals surface area contributed by atoms with Crippen molar-refractivity contribution >= 4 is 11.6 Å². The molecule has 1 N–H and O–H groups in total. The fourth-order valence-corrected chi connectivity index (χ4v) is 2.84. The summed E-state index contributed by atoms with van der Waals surface area (Å²) in [5, 5.41) is 2.92. The van der Waals surface area contributed by atoms with Crippen molar-refractivity contribution in [3.05, 3.63) is 71.3 Å². The Balaban J connectivity index is 1.65. The van der Waals surface area contributed by atoms with Gasteiger partial charge in [-0.15, -0.1) is 0 Å². The van der Waals surface area contributed by atoms with E-state index in [-0.39, 0.29) is 5.91 Å². The molecule has 2 heterocycles. The lowest BCUT2D eigenvalue weighted by molar-refractivity contribution is 0.101. The number of nitrogens with one attached hydrogen (secondary N) is 1. The Bertz CT molecular complexity index is 944. The van der Waals surface area contributed by atoms with Gasteiger partial charge < -0.3 is 10.1 Å². The highest BCUT2D eigenvalue weighted by Crippen LogP contribution is 2.30. The Kier molecular flexibility index (Phi) is 3.34. The summed E-state index contributed by atoms with van der Waals surface area (Å²) in [6, 6.07) is 13.6. The van der Waals surface area contributed by atoms with E-state index in [4.69, 9.17) is 4.74 Å². The van der Waals surface area contributed by atoms with Gasteiger partial charge in [-0.2, -0.15) is 0 Å². The lowest BCUT2D eigenvalue weighted by Crippen LogP contribution is -2.19. The van der Waals surface area contributed by atoms with E-state index in [1.165, 1.54) is 5.56 Å². The number of carbonyl (C=O) groups is 1. The van der Waals surface area contributed by atoms with E-state index in [0.717, 1.165) is 28.4 Å². The fraction of sp³-hybridized carbons (Fsp3) is 0.158. The van der Waals surface area contributed by atoms with E-state index in [0.29, 0.717) is 12.3 Å². The highest BCUT2D eigenvalue weighted by molar-refractivity contribution is 6.03. The summed E-state index contributed by atoms with van der Waals surface area (Å²) in [5.74, 6) is 0.568. The van der Waals surface area contributed by atoms with Crippen LogP contribution in [0, 0.1) is 13.8 Å². The van der Waals surface area contributed by atoms with Gasteiger partial charge in [0, 0.05) is 5.69 Å². The first kappa shape index (κ1) is 14.5. The number of aryl methyl sites for hydroxylation is 2. The second kappa shape index (κ2) is 5.53. The smallest absolute Gasteiger partial charge is 0.276 e. The molecule has 0 bridgehead atoms. The average molecular weight is 319 g/mol. The molecule has 0 atom stereocenters. The van der Waals surface area contributed by atoms with Crippen molar-refractivity contribution in [2.45, 2.75) is 20.5 Å². The van der Waals surface area contributed by atoms with Crippen molar-refractivity contribution in [1.82, 2.24) is 9.55 Å². The zero-order chi connectivity index (χ0) is 16.7. The number of rotatable bonds is 2. The van der Waals surface area contributed by atoms with E-state index in [1.807, 2.05) is 60.9 Å². The topological polar surface area (TPSA) is 56.2 Å². The van der Waals surface area contributed by atoms with Gasteiger partial charge in [-0.05, 0) is 49.2 Å². The Morgan fingerprint density at radius 1 is 1.17 bits per heavy atom. The predicted molar refractivity (Wildman–Crippen MR) is 91.8 cm³/mol. The molecule has 0 spiro atoms. The van der Waals surface area contributed by atoms with Crippen molar-refractivity contribution in [3.8, 4) is 11.4 Å². The maximum atomic E-state index is 12.6. The second-order valence-electron chi connectivity index (χ2n) is 5.92. The first-order valence-corrected chi connectivity index (χ1v) is 7.80. The van der Waals surface area contributed by atoms with Crippen LogP contribution in [-0.4, -0.2) is 15.5 Å². The lowest BCUT2D eigenvalue weighted by atomic mass is 10.1. The number of amides is 1. The van der Waals surface area contributed by atoms with Gasteiger partial charge in [0.2, 0.25) is 0 Å². The van der Waals surface area contributed by atoms with Gasteiger partial charge in [0.25, 0.3) is 5.91 Å². The number of ether oxygens (including phenoxy) is 1. The molecule has 0 unspecified atom stereocenters. The maximum Gasteiger partial charge on any atom is 0.276 e. The number of benzene rings is 2. The number of hydrogen-bond acceptors (Lipinski definition) is 3. The number of hydrogen-bond donors (Lipinski definition) is 1. The quantitative estimate of drug-likeness (QED) is 0.784. The first-order chi connectivity index (χ1) is 11.6. The highest BCUT2D eigenvalue weighted by Gasteiger charge is 2.24. The summed E-state index contributed by atoms with van der Waals surface area (Å²) in [7, 11) is 0. The van der Waals surface area contributed by atoms with Crippen LogP contribution in [0.2, 0.25) is 0 Å². The van der Waals surface area contributed by atoms with Crippen LogP contribution in [0.1, 0.15) is 27.3 Å². The van der Waals surface area contributed by atoms with Crippen molar-refractivity contribution < 1.29 is 9.53 Å². The largest absolute Gasteiger partial charge is 0.485 e. The summed E-state index contributed by atoms with van der Waals surface area (Å²) < 4.78 is 7.65. The molecule has 0 saturated heterocycles. The Morgan fingerprint density at radius 3 is 2.83 bits per heavy atom. The minimum absolute atomic E-state index is 0.227. The second-order valence-corrected chi connectivity index (χ2v) is 5.92. The van der Waals surface area contributed by atoms with E-state index in [1.54, 1.807) is 6.33 Å². The molecular formula is C19H17N3O2. The highest BCUT2D eigenvalue weighted by atomic mass is 16.5. The van der Waals surface area contributed by atoms with E-state index < -0.39 is 0 Å². The first-order valence-electron chi connectivity index (χ1n) is 7.80. The average Bonchev–Trinajstić information content (AvgIpc) is 3.03. The molecule has 24 heavy (non-hydrogen) atoms. The number of carbonyl (C=O) groups excluding carboxylic acids is 1. The molecule has 0 aliphatic carbocycles. The third kappa shape index (κ3) is 2.34. The van der Waals surface area contributed by atoms with Crippen LogP contribution in [-0.2, 0) is 6.61 Å². The molecule has 1 aromatic heterocycles. The molecule has 2 aromatic carbocycles. The third-order valence-corrected chi connectivity index (χ3v) is 4.34. The number of aromatic nitrogens is 2. The fourth-order valence-electron chi connectivity index (χ4n) is 2.84. The van der Waals surface area contributed by atoms with Crippen molar-refractivity contribution in [2.75, 3.05) is 5.32 Å². The maximum absolute atomic E-state index is 12.6. The molecule has 4 rings (SSSR count). The zero-order valence-corrected chi connectivity index (χ0v) is 13.5. The predicted octanol–water partition coefficient (Wildman–Crippen LogP) is 3.63. The van der Waals surface area contributed by atoms with Crippen LogP contribution < -0.4 is 10.1 Å². The van der Waals surface area contributed by atoms with Gasteiger partial charge in [-0.25, -0.2) is 4.98 Å². The normalized spacial score (nSPS) is 12.1. The van der Waals surface area contributed by atoms with Gasteiger partial charge in [-0.1, -0.05) is 18.2 Å². The molecule has 5 nitrogen and oxygen atoms in total. The molecule has 0 fully saturated rings. The SMILES string of the molecule is Cc1ccc(NC(=O)c2ncn3c2COc2ccccc2-3)cc1C. The summed E-state index contributed by atoms with van der Waals surface area (Å²) in [6.45, 7) is 4.39. The van der Waals surface area contributed by atoms with E-state index >= 15 is 0 Å². The molecular weight excluding hydrogens is 302 g/mol. The van der Waals surface area contributed by atoms with Crippen LogP contribution in [0.4, 0.5) is 5.69 Å². The number of para-hydroxylation sites is 2. The number of nitrogens with zero attached hydrogens (tertiary/aromatic N) is 2. The molecule has 120 valence electrons. The number of imidazole rings is 1. The Morgan fingerprint density at radius 2 is 2.00 bits per heavy atom. The van der Waals surface area contributed by atoms with Gasteiger partial charge in [0.1, 0.15) is 18.7 Å².